The van der Waals surface area contributed by atoms with Gasteiger partial charge in [-0.05, 0) is 48.6 Å². The van der Waals surface area contributed by atoms with Crippen molar-refractivity contribution in [2.24, 2.45) is 0 Å². The Bertz CT molecular complexity index is 684. The second-order valence-electron chi connectivity index (χ2n) is 5.36. The molecule has 1 aliphatic rings. The van der Waals surface area contributed by atoms with E-state index in [-0.39, 0.29) is 11.8 Å². The molecule has 4 heteroatoms. The van der Waals surface area contributed by atoms with Gasteiger partial charge in [0.2, 0.25) is 5.91 Å². The zero-order chi connectivity index (χ0) is 14.8. The first-order valence-corrected chi connectivity index (χ1v) is 7.88. The van der Waals surface area contributed by atoms with Crippen molar-refractivity contribution in [2.45, 2.75) is 25.2 Å². The highest BCUT2D eigenvalue weighted by molar-refractivity contribution is 9.10. The van der Waals surface area contributed by atoms with Crippen molar-refractivity contribution in [1.82, 2.24) is 0 Å². The summed E-state index contributed by atoms with van der Waals surface area (Å²) in [6.07, 6.45) is 2.99. The lowest BCUT2D eigenvalue weighted by Crippen LogP contribution is -2.25. The van der Waals surface area contributed by atoms with E-state index in [4.69, 9.17) is 5.73 Å². The van der Waals surface area contributed by atoms with E-state index < -0.39 is 0 Å². The van der Waals surface area contributed by atoms with Crippen molar-refractivity contribution >= 4 is 33.2 Å². The average molecular weight is 345 g/mol. The molecule has 0 radical (unpaired) electrons. The fourth-order valence-electron chi connectivity index (χ4n) is 2.89. The van der Waals surface area contributed by atoms with Gasteiger partial charge in [0.15, 0.2) is 0 Å². The van der Waals surface area contributed by atoms with E-state index in [0.717, 1.165) is 29.3 Å². The van der Waals surface area contributed by atoms with Gasteiger partial charge in [0.1, 0.15) is 0 Å². The highest BCUT2D eigenvalue weighted by Gasteiger charge is 2.26. The van der Waals surface area contributed by atoms with Crippen LogP contribution >= 0.6 is 15.9 Å². The summed E-state index contributed by atoms with van der Waals surface area (Å²) < 4.78 is 0.904. The minimum Gasteiger partial charge on any atom is -0.397 e. The van der Waals surface area contributed by atoms with Crippen LogP contribution in [-0.2, 0) is 11.2 Å². The van der Waals surface area contributed by atoms with E-state index >= 15 is 0 Å². The van der Waals surface area contributed by atoms with Gasteiger partial charge in [-0.15, -0.1) is 0 Å². The molecular weight excluding hydrogens is 328 g/mol. The van der Waals surface area contributed by atoms with Gasteiger partial charge in [-0.1, -0.05) is 40.2 Å². The van der Waals surface area contributed by atoms with Crippen LogP contribution in [0.3, 0.4) is 0 Å². The summed E-state index contributed by atoms with van der Waals surface area (Å²) in [6, 6.07) is 13.7. The topological polar surface area (TPSA) is 55.1 Å². The Morgan fingerprint density at radius 3 is 2.86 bits per heavy atom. The van der Waals surface area contributed by atoms with Crippen LogP contribution in [0.5, 0.6) is 0 Å². The number of carbonyl (C=O) groups is 1. The monoisotopic (exact) mass is 344 g/mol. The standard InChI is InChI=1S/C17H17BrN2O/c18-12-8-9-16(15(19)10-12)20-17(21)14-7-3-5-11-4-1-2-6-13(11)14/h1-2,4,6,8-10,14H,3,5,7,19H2,(H,20,21). The van der Waals surface area contributed by atoms with Crippen LogP contribution in [0.25, 0.3) is 0 Å². The molecule has 1 amide bonds. The SMILES string of the molecule is Nc1cc(Br)ccc1NC(=O)C1CCCc2ccccc21. The summed E-state index contributed by atoms with van der Waals surface area (Å²) in [5, 5.41) is 2.96. The molecule has 1 aliphatic carbocycles. The van der Waals surface area contributed by atoms with E-state index in [0.29, 0.717) is 11.4 Å². The lowest BCUT2D eigenvalue weighted by atomic mass is 9.82. The molecule has 0 saturated heterocycles. The maximum absolute atomic E-state index is 12.6. The van der Waals surface area contributed by atoms with E-state index in [1.807, 2.05) is 24.3 Å². The van der Waals surface area contributed by atoms with Gasteiger partial charge in [-0.25, -0.2) is 0 Å². The Labute approximate surface area is 132 Å². The van der Waals surface area contributed by atoms with Crippen molar-refractivity contribution in [3.05, 3.63) is 58.1 Å². The highest BCUT2D eigenvalue weighted by atomic mass is 79.9. The van der Waals surface area contributed by atoms with Gasteiger partial charge in [0.05, 0.1) is 17.3 Å². The third-order valence-electron chi connectivity index (χ3n) is 3.96. The molecule has 3 nitrogen and oxygen atoms in total. The first-order valence-electron chi connectivity index (χ1n) is 7.09. The van der Waals surface area contributed by atoms with Gasteiger partial charge >= 0.3 is 0 Å². The molecule has 3 N–H and O–H groups in total. The Balaban J connectivity index is 1.83. The number of nitrogen functional groups attached to an aromatic ring is 1. The number of aryl methyl sites for hydroxylation is 1. The fourth-order valence-corrected chi connectivity index (χ4v) is 3.27. The molecule has 2 aromatic carbocycles. The molecule has 3 rings (SSSR count). The number of anilines is 2. The Morgan fingerprint density at radius 1 is 1.24 bits per heavy atom. The third-order valence-corrected chi connectivity index (χ3v) is 4.45. The van der Waals surface area contributed by atoms with Crippen LogP contribution < -0.4 is 11.1 Å². The molecule has 0 aromatic heterocycles. The quantitative estimate of drug-likeness (QED) is 0.806. The van der Waals surface area contributed by atoms with Crippen molar-refractivity contribution in [1.29, 1.82) is 0 Å². The van der Waals surface area contributed by atoms with E-state index in [2.05, 4.69) is 33.4 Å². The van der Waals surface area contributed by atoms with Crippen LogP contribution in [0, 0.1) is 0 Å². The van der Waals surface area contributed by atoms with Crippen molar-refractivity contribution in [2.75, 3.05) is 11.1 Å². The van der Waals surface area contributed by atoms with Gasteiger partial charge in [-0.2, -0.15) is 0 Å². The van der Waals surface area contributed by atoms with Crippen molar-refractivity contribution in [3.63, 3.8) is 0 Å². The smallest absolute Gasteiger partial charge is 0.231 e. The normalized spacial score (nSPS) is 17.1. The van der Waals surface area contributed by atoms with Gasteiger partial charge in [0, 0.05) is 4.47 Å². The Hall–Kier alpha value is -1.81. The first-order chi connectivity index (χ1) is 10.1. The molecule has 0 bridgehead atoms. The summed E-state index contributed by atoms with van der Waals surface area (Å²) in [6.45, 7) is 0. The largest absolute Gasteiger partial charge is 0.397 e. The number of hydrogen-bond donors (Lipinski definition) is 2. The summed E-state index contributed by atoms with van der Waals surface area (Å²) in [4.78, 5) is 12.6. The number of carbonyl (C=O) groups excluding carboxylic acids is 1. The van der Waals surface area contributed by atoms with Crippen molar-refractivity contribution < 1.29 is 4.79 Å². The molecule has 0 saturated carbocycles. The number of amides is 1. The molecule has 1 atom stereocenters. The van der Waals surface area contributed by atoms with Gasteiger partial charge in [0.25, 0.3) is 0 Å². The molecule has 1 unspecified atom stereocenters. The average Bonchev–Trinajstić information content (AvgIpc) is 2.49. The number of hydrogen-bond acceptors (Lipinski definition) is 2. The predicted molar refractivity (Wildman–Crippen MR) is 89.3 cm³/mol. The zero-order valence-electron chi connectivity index (χ0n) is 11.6. The third kappa shape index (κ3) is 2.95. The maximum Gasteiger partial charge on any atom is 0.231 e. The van der Waals surface area contributed by atoms with E-state index in [9.17, 15) is 4.79 Å². The Kier molecular flexibility index (Phi) is 3.97. The lowest BCUT2D eigenvalue weighted by molar-refractivity contribution is -0.117. The second-order valence-corrected chi connectivity index (χ2v) is 6.28. The first kappa shape index (κ1) is 14.1. The van der Waals surface area contributed by atoms with Crippen LogP contribution in [-0.4, -0.2) is 5.91 Å². The molecule has 108 valence electrons. The lowest BCUT2D eigenvalue weighted by Gasteiger charge is -2.24. The minimum atomic E-state index is -0.0852. The number of nitrogens with two attached hydrogens (primary N) is 1. The molecule has 0 aliphatic heterocycles. The highest BCUT2D eigenvalue weighted by Crippen LogP contribution is 2.33. The van der Waals surface area contributed by atoms with Gasteiger partial charge < -0.3 is 11.1 Å². The molecule has 0 fully saturated rings. The predicted octanol–water partition coefficient (Wildman–Crippen LogP) is 4.09. The molecular formula is C17H17BrN2O. The number of nitrogens with one attached hydrogen (secondary N) is 1. The molecule has 0 heterocycles. The Morgan fingerprint density at radius 2 is 2.05 bits per heavy atom. The van der Waals surface area contributed by atoms with Crippen LogP contribution in [0.2, 0.25) is 0 Å². The van der Waals surface area contributed by atoms with E-state index in [1.165, 1.54) is 5.56 Å². The number of benzene rings is 2. The van der Waals surface area contributed by atoms with Crippen LogP contribution in [0.15, 0.2) is 46.9 Å². The van der Waals surface area contributed by atoms with E-state index in [1.54, 1.807) is 6.07 Å². The van der Waals surface area contributed by atoms with Crippen LogP contribution in [0.1, 0.15) is 29.9 Å². The molecule has 2 aromatic rings. The van der Waals surface area contributed by atoms with Crippen LogP contribution in [0.4, 0.5) is 11.4 Å². The summed E-state index contributed by atoms with van der Waals surface area (Å²) >= 11 is 3.37. The summed E-state index contributed by atoms with van der Waals surface area (Å²) in [5.41, 5.74) is 9.63. The molecule has 0 spiro atoms. The minimum absolute atomic E-state index is 0.0242. The number of halogens is 1. The summed E-state index contributed by atoms with van der Waals surface area (Å²) in [7, 11) is 0. The molecule has 21 heavy (non-hydrogen) atoms. The fraction of sp³-hybridized carbons (Fsp3) is 0.235. The number of rotatable bonds is 2. The number of fused-ring (bicyclic) bond motifs is 1. The van der Waals surface area contributed by atoms with Gasteiger partial charge in [-0.3, -0.25) is 4.79 Å². The second kappa shape index (κ2) is 5.90. The summed E-state index contributed by atoms with van der Waals surface area (Å²) in [5.74, 6) is -0.0610. The zero-order valence-corrected chi connectivity index (χ0v) is 13.2. The maximum atomic E-state index is 12.6. The van der Waals surface area contributed by atoms with Crippen molar-refractivity contribution in [3.8, 4) is 0 Å².